The molecular formula is C17H18N2S. The van der Waals surface area contributed by atoms with Gasteiger partial charge in [-0.25, -0.2) is 0 Å². The van der Waals surface area contributed by atoms with Crippen LogP contribution in [0.5, 0.6) is 0 Å². The molecule has 0 amide bonds. The minimum atomic E-state index is 0.200. The molecule has 2 nitrogen and oxygen atoms in total. The summed E-state index contributed by atoms with van der Waals surface area (Å²) in [7, 11) is 4.24. The average Bonchev–Trinajstić information content (AvgIpc) is 2.94. The van der Waals surface area contributed by atoms with E-state index in [2.05, 4.69) is 73.6 Å². The zero-order valence-corrected chi connectivity index (χ0v) is 12.5. The van der Waals surface area contributed by atoms with Crippen molar-refractivity contribution in [3.63, 3.8) is 0 Å². The largest absolute Gasteiger partial charge is 0.295 e. The standard InChI is InChI=1S/C17H18N2S/c1-19(2)17-15(13-9-5-3-6-10-13)18-16(20-17)14-11-7-4-8-12-14/h3-12,15,17H,1-2H3. The minimum Gasteiger partial charge on any atom is -0.295 e. The summed E-state index contributed by atoms with van der Waals surface area (Å²) in [5.74, 6) is 0. The third-order valence-corrected chi connectivity index (χ3v) is 4.91. The quantitative estimate of drug-likeness (QED) is 0.850. The van der Waals surface area contributed by atoms with Gasteiger partial charge < -0.3 is 0 Å². The summed E-state index contributed by atoms with van der Waals surface area (Å²) >= 11 is 1.85. The van der Waals surface area contributed by atoms with Crippen LogP contribution in [0.3, 0.4) is 0 Å². The highest BCUT2D eigenvalue weighted by molar-refractivity contribution is 8.15. The van der Waals surface area contributed by atoms with Gasteiger partial charge in [0.05, 0.1) is 5.37 Å². The number of benzene rings is 2. The van der Waals surface area contributed by atoms with Crippen LogP contribution in [-0.4, -0.2) is 29.4 Å². The SMILES string of the molecule is CN(C)C1SC(c2ccccc2)=NC1c1ccccc1. The molecule has 0 spiro atoms. The molecule has 1 aliphatic heterocycles. The van der Waals surface area contributed by atoms with Crippen molar-refractivity contribution in [2.24, 2.45) is 4.99 Å². The maximum Gasteiger partial charge on any atom is 0.101 e. The van der Waals surface area contributed by atoms with E-state index in [0.29, 0.717) is 5.37 Å². The lowest BCUT2D eigenvalue weighted by atomic mass is 10.1. The van der Waals surface area contributed by atoms with Crippen LogP contribution in [0.2, 0.25) is 0 Å². The molecule has 0 bridgehead atoms. The molecule has 0 aliphatic carbocycles. The normalized spacial score (nSPS) is 22.1. The minimum absolute atomic E-state index is 0.200. The fraction of sp³-hybridized carbons (Fsp3) is 0.235. The van der Waals surface area contributed by atoms with E-state index in [4.69, 9.17) is 4.99 Å². The summed E-state index contributed by atoms with van der Waals surface area (Å²) in [4.78, 5) is 7.22. The zero-order valence-electron chi connectivity index (χ0n) is 11.7. The first-order chi connectivity index (χ1) is 9.75. The van der Waals surface area contributed by atoms with Crippen LogP contribution >= 0.6 is 11.8 Å². The molecule has 2 unspecified atom stereocenters. The Kier molecular flexibility index (Phi) is 3.90. The Morgan fingerprint density at radius 3 is 2.10 bits per heavy atom. The van der Waals surface area contributed by atoms with Crippen molar-refractivity contribution in [1.82, 2.24) is 4.90 Å². The molecule has 0 N–H and O–H groups in total. The average molecular weight is 282 g/mol. The Bertz CT molecular complexity index is 593. The van der Waals surface area contributed by atoms with Crippen molar-refractivity contribution in [3.05, 3.63) is 71.8 Å². The van der Waals surface area contributed by atoms with Gasteiger partial charge in [0.1, 0.15) is 11.1 Å². The third kappa shape index (κ3) is 2.65. The van der Waals surface area contributed by atoms with Gasteiger partial charge in [-0.1, -0.05) is 72.4 Å². The van der Waals surface area contributed by atoms with E-state index in [1.165, 1.54) is 11.1 Å². The van der Waals surface area contributed by atoms with E-state index in [0.717, 1.165) is 5.04 Å². The third-order valence-electron chi connectivity index (χ3n) is 3.43. The lowest BCUT2D eigenvalue weighted by Crippen LogP contribution is -2.28. The highest BCUT2D eigenvalue weighted by Gasteiger charge is 2.33. The monoisotopic (exact) mass is 282 g/mol. The molecule has 0 saturated carbocycles. The lowest BCUT2D eigenvalue weighted by Gasteiger charge is -2.24. The number of nitrogens with zero attached hydrogens (tertiary/aromatic N) is 2. The van der Waals surface area contributed by atoms with Crippen molar-refractivity contribution < 1.29 is 0 Å². The van der Waals surface area contributed by atoms with Gasteiger partial charge in [-0.2, -0.15) is 0 Å². The van der Waals surface area contributed by atoms with Crippen molar-refractivity contribution in [3.8, 4) is 0 Å². The maximum absolute atomic E-state index is 4.97. The molecule has 3 rings (SSSR count). The molecule has 102 valence electrons. The maximum atomic E-state index is 4.97. The molecule has 2 atom stereocenters. The predicted octanol–water partition coefficient (Wildman–Crippen LogP) is 3.81. The van der Waals surface area contributed by atoms with E-state index in [-0.39, 0.29) is 6.04 Å². The van der Waals surface area contributed by atoms with Gasteiger partial charge in [0.25, 0.3) is 0 Å². The van der Waals surface area contributed by atoms with E-state index >= 15 is 0 Å². The fourth-order valence-corrected chi connectivity index (χ4v) is 3.63. The molecule has 1 aliphatic rings. The second kappa shape index (κ2) is 5.81. The first-order valence-electron chi connectivity index (χ1n) is 6.77. The Labute approximate surface area is 124 Å². The molecule has 0 fully saturated rings. The molecule has 2 aromatic rings. The van der Waals surface area contributed by atoms with Gasteiger partial charge in [0.2, 0.25) is 0 Å². The molecule has 2 aromatic carbocycles. The number of thioether (sulfide) groups is 1. The van der Waals surface area contributed by atoms with Crippen molar-refractivity contribution in [2.45, 2.75) is 11.4 Å². The first-order valence-corrected chi connectivity index (χ1v) is 7.65. The van der Waals surface area contributed by atoms with Gasteiger partial charge in [-0.05, 0) is 19.7 Å². The second-order valence-electron chi connectivity index (χ2n) is 5.13. The molecule has 0 saturated heterocycles. The van der Waals surface area contributed by atoms with Gasteiger partial charge in [0, 0.05) is 5.56 Å². The lowest BCUT2D eigenvalue weighted by molar-refractivity contribution is 0.349. The summed E-state index contributed by atoms with van der Waals surface area (Å²) in [6.07, 6.45) is 0. The number of likely N-dealkylation sites (N-methyl/N-ethyl adjacent to an activating group) is 1. The Balaban J connectivity index is 1.96. The van der Waals surface area contributed by atoms with Crippen LogP contribution in [0, 0.1) is 0 Å². The predicted molar refractivity (Wildman–Crippen MR) is 87.2 cm³/mol. The smallest absolute Gasteiger partial charge is 0.101 e. The van der Waals surface area contributed by atoms with E-state index in [1.54, 1.807) is 0 Å². The second-order valence-corrected chi connectivity index (χ2v) is 6.23. The molecular weight excluding hydrogens is 264 g/mol. The van der Waals surface area contributed by atoms with Crippen molar-refractivity contribution in [2.75, 3.05) is 14.1 Å². The van der Waals surface area contributed by atoms with E-state index in [1.807, 2.05) is 17.8 Å². The molecule has 1 heterocycles. The van der Waals surface area contributed by atoms with Crippen LogP contribution in [0.1, 0.15) is 17.2 Å². The van der Waals surface area contributed by atoms with Crippen LogP contribution in [0.25, 0.3) is 0 Å². The van der Waals surface area contributed by atoms with Crippen LogP contribution < -0.4 is 0 Å². The zero-order chi connectivity index (χ0) is 13.9. The van der Waals surface area contributed by atoms with Gasteiger partial charge in [-0.3, -0.25) is 9.89 Å². The number of rotatable bonds is 3. The Morgan fingerprint density at radius 1 is 0.900 bits per heavy atom. The summed E-state index contributed by atoms with van der Waals surface area (Å²) in [6.45, 7) is 0. The summed E-state index contributed by atoms with van der Waals surface area (Å²) in [6, 6.07) is 21.2. The van der Waals surface area contributed by atoms with E-state index < -0.39 is 0 Å². The molecule has 0 aromatic heterocycles. The molecule has 0 radical (unpaired) electrons. The van der Waals surface area contributed by atoms with Crippen LogP contribution in [-0.2, 0) is 0 Å². The van der Waals surface area contributed by atoms with Crippen molar-refractivity contribution in [1.29, 1.82) is 0 Å². The van der Waals surface area contributed by atoms with Gasteiger partial charge in [-0.15, -0.1) is 0 Å². The molecule has 20 heavy (non-hydrogen) atoms. The van der Waals surface area contributed by atoms with Crippen LogP contribution in [0.15, 0.2) is 65.7 Å². The van der Waals surface area contributed by atoms with Crippen molar-refractivity contribution >= 4 is 16.8 Å². The highest BCUT2D eigenvalue weighted by atomic mass is 32.2. The van der Waals surface area contributed by atoms with Crippen LogP contribution in [0.4, 0.5) is 0 Å². The highest BCUT2D eigenvalue weighted by Crippen LogP contribution is 2.40. The molecule has 3 heteroatoms. The Morgan fingerprint density at radius 2 is 1.50 bits per heavy atom. The number of hydrogen-bond acceptors (Lipinski definition) is 3. The summed E-state index contributed by atoms with van der Waals surface area (Å²) in [5.41, 5.74) is 2.49. The van der Waals surface area contributed by atoms with Gasteiger partial charge >= 0.3 is 0 Å². The Hall–Kier alpha value is -1.58. The fourth-order valence-electron chi connectivity index (χ4n) is 2.40. The number of hydrogen-bond donors (Lipinski definition) is 0. The van der Waals surface area contributed by atoms with Gasteiger partial charge in [0.15, 0.2) is 0 Å². The summed E-state index contributed by atoms with van der Waals surface area (Å²) < 4.78 is 0. The first kappa shape index (κ1) is 13.4. The topological polar surface area (TPSA) is 15.6 Å². The van der Waals surface area contributed by atoms with E-state index in [9.17, 15) is 0 Å². The summed E-state index contributed by atoms with van der Waals surface area (Å²) in [5, 5.41) is 1.49. The number of aliphatic imine (C=N–C) groups is 1.